The van der Waals surface area contributed by atoms with Crippen LogP contribution in [0.3, 0.4) is 0 Å². The molecule has 0 aromatic heterocycles. The predicted octanol–water partition coefficient (Wildman–Crippen LogP) is 5.91. The van der Waals surface area contributed by atoms with Crippen molar-refractivity contribution in [2.24, 2.45) is 0 Å². The molecule has 0 unspecified atom stereocenters. The van der Waals surface area contributed by atoms with Crippen LogP contribution in [0.15, 0.2) is 83.8 Å². The van der Waals surface area contributed by atoms with Crippen LogP contribution in [-0.2, 0) is 23.1 Å². The Bertz CT molecular complexity index is 1500. The molecule has 0 fully saturated rings. The molecule has 0 atom stereocenters. The largest absolute Gasteiger partial charge is 0.243 e. The van der Waals surface area contributed by atoms with Gasteiger partial charge in [-0.25, -0.2) is 8.42 Å². The van der Waals surface area contributed by atoms with E-state index in [1.54, 1.807) is 12.1 Å². The maximum atomic E-state index is 13.3. The van der Waals surface area contributed by atoms with Crippen LogP contribution in [0.25, 0.3) is 10.8 Å². The Balaban J connectivity index is 1.63. The zero-order chi connectivity index (χ0) is 22.3. The number of benzene rings is 4. The van der Waals surface area contributed by atoms with Crippen molar-refractivity contribution in [3.63, 3.8) is 0 Å². The minimum atomic E-state index is -3.62. The first-order valence-corrected chi connectivity index (χ1v) is 12.1. The van der Waals surface area contributed by atoms with E-state index in [1.165, 1.54) is 4.31 Å². The third kappa shape index (κ3) is 3.80. The summed E-state index contributed by atoms with van der Waals surface area (Å²) in [5, 5.41) is 2.57. The molecule has 32 heavy (non-hydrogen) atoms. The molecule has 0 N–H and O–H groups in total. The van der Waals surface area contributed by atoms with Crippen molar-refractivity contribution in [1.82, 2.24) is 4.31 Å². The average molecular weight is 458 g/mol. The SMILES string of the molecule is Cc1ccc(S(=O)(=O)N2Cc3cc4ccc(Cl)cc4c(C#Cc4ccccc4)c3C2)cc1. The van der Waals surface area contributed by atoms with Crippen molar-refractivity contribution in [3.8, 4) is 11.8 Å². The summed E-state index contributed by atoms with van der Waals surface area (Å²) in [6.45, 7) is 2.55. The number of rotatable bonds is 2. The van der Waals surface area contributed by atoms with E-state index in [0.29, 0.717) is 16.5 Å². The molecular weight excluding hydrogens is 438 g/mol. The standard InChI is InChI=1S/C27H20ClNO2S/c1-19-7-12-24(13-8-19)32(30,31)29-17-22-15-21-10-11-23(28)16-26(21)25(27(22)18-29)14-9-20-5-3-2-4-6-20/h2-8,10-13,15-16H,17-18H2,1H3. The molecular formula is C27H20ClNO2S. The molecule has 4 aromatic rings. The lowest BCUT2D eigenvalue weighted by Gasteiger charge is -2.15. The quantitative estimate of drug-likeness (QED) is 0.351. The molecule has 0 amide bonds. The zero-order valence-electron chi connectivity index (χ0n) is 17.5. The van der Waals surface area contributed by atoms with E-state index < -0.39 is 10.0 Å². The van der Waals surface area contributed by atoms with Crippen LogP contribution in [-0.4, -0.2) is 12.7 Å². The Morgan fingerprint density at radius 3 is 2.38 bits per heavy atom. The number of fused-ring (bicyclic) bond motifs is 2. The first-order valence-electron chi connectivity index (χ1n) is 10.3. The van der Waals surface area contributed by atoms with Crippen LogP contribution < -0.4 is 0 Å². The van der Waals surface area contributed by atoms with Crippen LogP contribution in [0.2, 0.25) is 5.02 Å². The summed E-state index contributed by atoms with van der Waals surface area (Å²) in [5.41, 5.74) is 4.69. The Kier molecular flexibility index (Phi) is 5.27. The lowest BCUT2D eigenvalue weighted by Crippen LogP contribution is -2.25. The molecule has 0 radical (unpaired) electrons. The Hall–Kier alpha value is -3.10. The highest BCUT2D eigenvalue weighted by atomic mass is 35.5. The Morgan fingerprint density at radius 2 is 1.62 bits per heavy atom. The molecule has 0 spiro atoms. The number of sulfonamides is 1. The molecule has 1 aliphatic rings. The summed E-state index contributed by atoms with van der Waals surface area (Å²) in [6.07, 6.45) is 0. The van der Waals surface area contributed by atoms with Crippen molar-refractivity contribution in [2.45, 2.75) is 24.9 Å². The number of halogens is 1. The summed E-state index contributed by atoms with van der Waals surface area (Å²) in [5.74, 6) is 6.55. The van der Waals surface area contributed by atoms with Crippen molar-refractivity contribution < 1.29 is 8.42 Å². The molecule has 0 saturated heterocycles. The Labute approximate surface area is 193 Å². The first kappa shape index (κ1) is 20.8. The normalized spacial score (nSPS) is 13.6. The molecule has 0 aliphatic carbocycles. The summed E-state index contributed by atoms with van der Waals surface area (Å²) >= 11 is 6.30. The van der Waals surface area contributed by atoms with Gasteiger partial charge in [-0.15, -0.1) is 0 Å². The van der Waals surface area contributed by atoms with Crippen molar-refractivity contribution in [1.29, 1.82) is 0 Å². The molecule has 1 aliphatic heterocycles. The lowest BCUT2D eigenvalue weighted by molar-refractivity contribution is 0.431. The van der Waals surface area contributed by atoms with Crippen LogP contribution in [0.4, 0.5) is 0 Å². The van der Waals surface area contributed by atoms with Crippen LogP contribution in [0.5, 0.6) is 0 Å². The van der Waals surface area contributed by atoms with E-state index in [0.717, 1.165) is 38.6 Å². The third-order valence-electron chi connectivity index (χ3n) is 5.75. The number of aryl methyl sites for hydroxylation is 1. The average Bonchev–Trinajstić information content (AvgIpc) is 3.23. The van der Waals surface area contributed by atoms with Crippen molar-refractivity contribution in [3.05, 3.63) is 112 Å². The molecule has 4 aromatic carbocycles. The topological polar surface area (TPSA) is 37.4 Å². The highest BCUT2D eigenvalue weighted by Gasteiger charge is 2.32. The highest BCUT2D eigenvalue weighted by Crippen LogP contribution is 2.36. The second-order valence-electron chi connectivity index (χ2n) is 7.96. The van der Waals surface area contributed by atoms with Gasteiger partial charge in [-0.3, -0.25) is 0 Å². The predicted molar refractivity (Wildman–Crippen MR) is 129 cm³/mol. The van der Waals surface area contributed by atoms with Gasteiger partial charge >= 0.3 is 0 Å². The smallest absolute Gasteiger partial charge is 0.207 e. The van der Waals surface area contributed by atoms with Gasteiger partial charge in [0.25, 0.3) is 0 Å². The maximum absolute atomic E-state index is 13.3. The van der Waals surface area contributed by atoms with Gasteiger partial charge in [0.1, 0.15) is 0 Å². The van der Waals surface area contributed by atoms with E-state index in [4.69, 9.17) is 11.6 Å². The summed E-state index contributed by atoms with van der Waals surface area (Å²) < 4.78 is 28.2. The Morgan fingerprint density at radius 1 is 0.875 bits per heavy atom. The minimum absolute atomic E-state index is 0.285. The molecule has 158 valence electrons. The molecule has 1 heterocycles. The summed E-state index contributed by atoms with van der Waals surface area (Å²) in [4.78, 5) is 0.306. The molecule has 0 saturated carbocycles. The zero-order valence-corrected chi connectivity index (χ0v) is 19.0. The molecule has 5 rings (SSSR count). The summed E-state index contributed by atoms with van der Waals surface area (Å²) in [7, 11) is -3.62. The second kappa shape index (κ2) is 8.11. The van der Waals surface area contributed by atoms with E-state index in [1.807, 2.05) is 67.6 Å². The summed E-state index contributed by atoms with van der Waals surface area (Å²) in [6, 6.07) is 24.5. The van der Waals surface area contributed by atoms with E-state index in [-0.39, 0.29) is 6.54 Å². The second-order valence-corrected chi connectivity index (χ2v) is 10.3. The molecule has 0 bridgehead atoms. The van der Waals surface area contributed by atoms with E-state index in [9.17, 15) is 8.42 Å². The van der Waals surface area contributed by atoms with Crippen LogP contribution in [0.1, 0.15) is 27.8 Å². The van der Waals surface area contributed by atoms with Crippen molar-refractivity contribution >= 4 is 32.4 Å². The van der Waals surface area contributed by atoms with Gasteiger partial charge in [0.05, 0.1) is 4.90 Å². The van der Waals surface area contributed by atoms with E-state index in [2.05, 4.69) is 17.9 Å². The fraction of sp³-hybridized carbons (Fsp3) is 0.111. The fourth-order valence-electron chi connectivity index (χ4n) is 4.04. The number of hydrogen-bond donors (Lipinski definition) is 0. The van der Waals surface area contributed by atoms with Gasteiger partial charge in [-0.05, 0) is 71.3 Å². The first-order chi connectivity index (χ1) is 15.4. The molecule has 5 heteroatoms. The fourth-order valence-corrected chi connectivity index (χ4v) is 5.60. The third-order valence-corrected chi connectivity index (χ3v) is 7.79. The van der Waals surface area contributed by atoms with Gasteiger partial charge in [0, 0.05) is 29.2 Å². The monoisotopic (exact) mass is 457 g/mol. The van der Waals surface area contributed by atoms with Gasteiger partial charge in [-0.2, -0.15) is 4.31 Å². The highest BCUT2D eigenvalue weighted by molar-refractivity contribution is 7.89. The minimum Gasteiger partial charge on any atom is -0.207 e. The van der Waals surface area contributed by atoms with Crippen LogP contribution in [0, 0.1) is 18.8 Å². The van der Waals surface area contributed by atoms with Crippen molar-refractivity contribution in [2.75, 3.05) is 0 Å². The maximum Gasteiger partial charge on any atom is 0.243 e. The van der Waals surface area contributed by atoms with Crippen LogP contribution >= 0.6 is 11.6 Å². The number of hydrogen-bond acceptors (Lipinski definition) is 2. The van der Waals surface area contributed by atoms with Gasteiger partial charge in [0.2, 0.25) is 10.0 Å². The lowest BCUT2D eigenvalue weighted by atomic mass is 9.95. The van der Waals surface area contributed by atoms with Gasteiger partial charge in [0.15, 0.2) is 0 Å². The van der Waals surface area contributed by atoms with E-state index >= 15 is 0 Å². The van der Waals surface area contributed by atoms with Gasteiger partial charge < -0.3 is 0 Å². The van der Waals surface area contributed by atoms with Gasteiger partial charge in [-0.1, -0.05) is 65.4 Å². The molecule has 3 nitrogen and oxygen atoms in total. The number of nitrogens with zero attached hydrogens (tertiary/aromatic N) is 1.